The highest BCUT2D eigenvalue weighted by atomic mass is 35.5. The molecule has 0 bridgehead atoms. The Kier molecular flexibility index (Phi) is 6.09. The van der Waals surface area contributed by atoms with E-state index in [1.165, 1.54) is 25.3 Å². The van der Waals surface area contributed by atoms with Crippen LogP contribution in [0.1, 0.15) is 19.3 Å². The fraction of sp³-hybridized carbons (Fsp3) is 0.500. The van der Waals surface area contributed by atoms with Gasteiger partial charge >= 0.3 is 0 Å². The quantitative estimate of drug-likeness (QED) is 0.877. The summed E-state index contributed by atoms with van der Waals surface area (Å²) < 4.78 is 32.0. The predicted octanol–water partition coefficient (Wildman–Crippen LogP) is 1.93. The number of benzene rings is 1. The lowest BCUT2D eigenvalue weighted by Gasteiger charge is -2.13. The van der Waals surface area contributed by atoms with Crippen LogP contribution in [0.3, 0.4) is 0 Å². The van der Waals surface area contributed by atoms with E-state index < -0.39 is 10.0 Å². The Balaban J connectivity index is 0.00000200. The lowest BCUT2D eigenvalue weighted by Crippen LogP contribution is -2.34. The first-order valence-corrected chi connectivity index (χ1v) is 7.90. The van der Waals surface area contributed by atoms with Crippen molar-refractivity contribution in [1.82, 2.24) is 4.72 Å². The standard InChI is InChI=1S/C12H17ClN2O3S.ClH/c1-18-12-5-4-10(7-11(12)13)19(16,17)15-9-3-2-8(14)6-9;/h4-5,7-9,15H,2-3,6,14H2,1H3;1H/t8-,9-;/m1./s1. The molecule has 2 atom stereocenters. The van der Waals surface area contributed by atoms with Crippen LogP contribution in [0.5, 0.6) is 5.75 Å². The van der Waals surface area contributed by atoms with E-state index in [1.807, 2.05) is 0 Å². The van der Waals surface area contributed by atoms with Crippen LogP contribution in [0.25, 0.3) is 0 Å². The summed E-state index contributed by atoms with van der Waals surface area (Å²) in [6.45, 7) is 0. The number of sulfonamides is 1. The third kappa shape index (κ3) is 3.99. The largest absolute Gasteiger partial charge is 0.495 e. The monoisotopic (exact) mass is 340 g/mol. The van der Waals surface area contributed by atoms with E-state index >= 15 is 0 Å². The van der Waals surface area contributed by atoms with Gasteiger partial charge in [0.15, 0.2) is 0 Å². The first kappa shape index (κ1) is 17.5. The molecule has 1 fully saturated rings. The highest BCUT2D eigenvalue weighted by Crippen LogP contribution is 2.27. The van der Waals surface area contributed by atoms with Crippen molar-refractivity contribution in [2.75, 3.05) is 7.11 Å². The maximum Gasteiger partial charge on any atom is 0.240 e. The van der Waals surface area contributed by atoms with Crippen LogP contribution in [-0.2, 0) is 10.0 Å². The molecule has 0 aliphatic heterocycles. The van der Waals surface area contributed by atoms with Crippen LogP contribution in [0.4, 0.5) is 0 Å². The van der Waals surface area contributed by atoms with Crippen LogP contribution in [-0.4, -0.2) is 27.6 Å². The molecule has 1 aliphatic rings. The third-order valence-electron chi connectivity index (χ3n) is 3.23. The second kappa shape index (κ2) is 6.95. The van der Waals surface area contributed by atoms with Gasteiger partial charge in [-0.3, -0.25) is 0 Å². The molecule has 0 radical (unpaired) electrons. The number of nitrogens with two attached hydrogens (primary N) is 1. The molecular weight excluding hydrogens is 323 g/mol. The van der Waals surface area contributed by atoms with Gasteiger partial charge in [0.25, 0.3) is 0 Å². The van der Waals surface area contributed by atoms with E-state index in [9.17, 15) is 8.42 Å². The molecule has 5 nitrogen and oxygen atoms in total. The Morgan fingerprint density at radius 1 is 1.40 bits per heavy atom. The molecule has 0 amide bonds. The summed E-state index contributed by atoms with van der Waals surface area (Å²) in [6.07, 6.45) is 2.28. The van der Waals surface area contributed by atoms with Crippen molar-refractivity contribution in [3.05, 3.63) is 23.2 Å². The van der Waals surface area contributed by atoms with Gasteiger partial charge in [0, 0.05) is 12.1 Å². The van der Waals surface area contributed by atoms with E-state index in [1.54, 1.807) is 0 Å². The van der Waals surface area contributed by atoms with Crippen LogP contribution in [0.2, 0.25) is 5.02 Å². The van der Waals surface area contributed by atoms with E-state index in [0.29, 0.717) is 12.2 Å². The minimum atomic E-state index is -3.56. The van der Waals surface area contributed by atoms with Crippen molar-refractivity contribution in [2.24, 2.45) is 5.73 Å². The van der Waals surface area contributed by atoms with Crippen molar-refractivity contribution in [3.8, 4) is 5.75 Å². The molecule has 0 unspecified atom stereocenters. The van der Waals surface area contributed by atoms with Crippen molar-refractivity contribution in [3.63, 3.8) is 0 Å². The maximum atomic E-state index is 12.2. The molecule has 8 heteroatoms. The molecule has 114 valence electrons. The summed E-state index contributed by atoms with van der Waals surface area (Å²) in [7, 11) is -2.08. The van der Waals surface area contributed by atoms with Crippen LogP contribution < -0.4 is 15.2 Å². The van der Waals surface area contributed by atoms with Gasteiger partial charge in [0.1, 0.15) is 5.75 Å². The molecule has 20 heavy (non-hydrogen) atoms. The zero-order chi connectivity index (χ0) is 14.0. The van der Waals surface area contributed by atoms with Gasteiger partial charge in [-0.15, -0.1) is 12.4 Å². The van der Waals surface area contributed by atoms with E-state index in [2.05, 4.69) is 4.72 Å². The molecule has 1 aliphatic carbocycles. The average Bonchev–Trinajstić information content (AvgIpc) is 2.73. The number of ether oxygens (including phenoxy) is 1. The van der Waals surface area contributed by atoms with Gasteiger partial charge < -0.3 is 10.5 Å². The topological polar surface area (TPSA) is 81.4 Å². The summed E-state index contributed by atoms with van der Waals surface area (Å²) in [5, 5.41) is 0.272. The number of hydrogen-bond donors (Lipinski definition) is 2. The number of halogens is 2. The second-order valence-electron chi connectivity index (χ2n) is 4.69. The molecular formula is C12H18Cl2N2O3S. The number of rotatable bonds is 4. The Labute approximate surface area is 130 Å². The first-order valence-electron chi connectivity index (χ1n) is 6.04. The van der Waals surface area contributed by atoms with Crippen molar-refractivity contribution >= 4 is 34.0 Å². The molecule has 3 N–H and O–H groups in total. The van der Waals surface area contributed by atoms with Gasteiger partial charge in [0.2, 0.25) is 10.0 Å². The van der Waals surface area contributed by atoms with Gasteiger partial charge in [-0.1, -0.05) is 11.6 Å². The van der Waals surface area contributed by atoms with E-state index in [-0.39, 0.29) is 34.4 Å². The summed E-state index contributed by atoms with van der Waals surface area (Å²) in [4.78, 5) is 0.138. The minimum absolute atomic E-state index is 0. The van der Waals surface area contributed by atoms with Crippen LogP contribution in [0, 0.1) is 0 Å². The molecule has 2 rings (SSSR count). The first-order chi connectivity index (χ1) is 8.92. The zero-order valence-corrected chi connectivity index (χ0v) is 13.4. The lowest BCUT2D eigenvalue weighted by molar-refractivity contribution is 0.414. The fourth-order valence-electron chi connectivity index (χ4n) is 2.23. The summed E-state index contributed by atoms with van der Waals surface area (Å²) in [5.74, 6) is 0.448. The lowest BCUT2D eigenvalue weighted by atomic mass is 10.2. The molecule has 1 saturated carbocycles. The van der Waals surface area contributed by atoms with Crippen molar-refractivity contribution in [2.45, 2.75) is 36.2 Å². The van der Waals surface area contributed by atoms with Crippen LogP contribution >= 0.6 is 24.0 Å². The molecule has 0 heterocycles. The Morgan fingerprint density at radius 2 is 2.10 bits per heavy atom. The summed E-state index contributed by atoms with van der Waals surface area (Å²) >= 11 is 5.94. The molecule has 1 aromatic carbocycles. The number of hydrogen-bond acceptors (Lipinski definition) is 4. The van der Waals surface area contributed by atoms with Gasteiger partial charge in [-0.05, 0) is 37.5 Å². The summed E-state index contributed by atoms with van der Waals surface area (Å²) in [6, 6.07) is 4.38. The zero-order valence-electron chi connectivity index (χ0n) is 11.0. The average molecular weight is 341 g/mol. The van der Waals surface area contributed by atoms with Gasteiger partial charge in [0.05, 0.1) is 17.0 Å². The second-order valence-corrected chi connectivity index (χ2v) is 6.81. The number of methoxy groups -OCH3 is 1. The molecule has 0 saturated heterocycles. The highest BCUT2D eigenvalue weighted by Gasteiger charge is 2.27. The molecule has 0 aromatic heterocycles. The summed E-state index contributed by atoms with van der Waals surface area (Å²) in [5.41, 5.74) is 5.77. The highest BCUT2D eigenvalue weighted by molar-refractivity contribution is 7.89. The van der Waals surface area contributed by atoms with E-state index in [4.69, 9.17) is 22.1 Å². The van der Waals surface area contributed by atoms with Crippen molar-refractivity contribution in [1.29, 1.82) is 0 Å². The Hall–Kier alpha value is -0.530. The SMILES string of the molecule is COc1ccc(S(=O)(=O)N[C@@H]2CC[C@@H](N)C2)cc1Cl.Cl. The number of nitrogens with one attached hydrogen (secondary N) is 1. The molecule has 0 spiro atoms. The fourth-order valence-corrected chi connectivity index (χ4v) is 3.86. The van der Waals surface area contributed by atoms with E-state index in [0.717, 1.165) is 12.8 Å². The molecule has 1 aromatic rings. The van der Waals surface area contributed by atoms with Gasteiger partial charge in [-0.2, -0.15) is 0 Å². The minimum Gasteiger partial charge on any atom is -0.495 e. The third-order valence-corrected chi connectivity index (χ3v) is 5.04. The van der Waals surface area contributed by atoms with Gasteiger partial charge in [-0.25, -0.2) is 13.1 Å². The van der Waals surface area contributed by atoms with Crippen LogP contribution in [0.15, 0.2) is 23.1 Å². The smallest absolute Gasteiger partial charge is 0.240 e. The Morgan fingerprint density at radius 3 is 2.60 bits per heavy atom. The maximum absolute atomic E-state index is 12.2. The Bertz CT molecular complexity index is 566. The predicted molar refractivity (Wildman–Crippen MR) is 81.2 cm³/mol. The normalized spacial score (nSPS) is 22.4. The van der Waals surface area contributed by atoms with Crippen molar-refractivity contribution < 1.29 is 13.2 Å².